The van der Waals surface area contributed by atoms with Crippen LogP contribution in [0.4, 0.5) is 0 Å². The zero-order chi connectivity index (χ0) is 8.27. The third kappa shape index (κ3) is 2.05. The van der Waals surface area contributed by atoms with Gasteiger partial charge >= 0.3 is 5.97 Å². The first-order valence-electron chi connectivity index (χ1n) is 3.17. The third-order valence-corrected chi connectivity index (χ3v) is 1.29. The topological polar surface area (TPSA) is 92.0 Å². The highest BCUT2D eigenvalue weighted by molar-refractivity contribution is 5.73. The Morgan fingerprint density at radius 3 is 3.09 bits per heavy atom. The summed E-state index contributed by atoms with van der Waals surface area (Å²) in [7, 11) is 0. The normalized spacial score (nSPS) is 12.8. The monoisotopic (exact) mass is 155 g/mol. The molecule has 5 heteroatoms. The quantitative estimate of drug-likeness (QED) is 0.541. The smallest absolute Gasteiger partial charge is 0.320 e. The lowest BCUT2D eigenvalue weighted by atomic mass is 10.2. The van der Waals surface area contributed by atoms with Crippen LogP contribution in [0.2, 0.25) is 0 Å². The highest BCUT2D eigenvalue weighted by atomic mass is 16.4. The van der Waals surface area contributed by atoms with Gasteiger partial charge in [0.1, 0.15) is 11.9 Å². The summed E-state index contributed by atoms with van der Waals surface area (Å²) in [6, 6.07) is -0.874. The molecule has 0 bridgehead atoms. The highest BCUT2D eigenvalue weighted by Gasteiger charge is 2.12. The molecule has 0 amide bonds. The van der Waals surface area contributed by atoms with Crippen molar-refractivity contribution < 1.29 is 9.90 Å². The number of nitrogens with two attached hydrogens (primary N) is 1. The van der Waals surface area contributed by atoms with E-state index in [0.717, 1.165) is 0 Å². The summed E-state index contributed by atoms with van der Waals surface area (Å²) >= 11 is 0. The molecule has 0 saturated carbocycles. The molecule has 1 heterocycles. The second kappa shape index (κ2) is 3.16. The molecule has 1 rings (SSSR count). The molecular weight excluding hydrogens is 146 g/mol. The van der Waals surface area contributed by atoms with E-state index in [1.165, 1.54) is 0 Å². The van der Waals surface area contributed by atoms with Gasteiger partial charge in [-0.25, -0.2) is 4.98 Å². The van der Waals surface area contributed by atoms with E-state index in [-0.39, 0.29) is 6.42 Å². The number of aromatic amines is 1. The van der Waals surface area contributed by atoms with Gasteiger partial charge in [0.15, 0.2) is 0 Å². The molecule has 1 aromatic heterocycles. The lowest BCUT2D eigenvalue weighted by Gasteiger charge is -2.01. The van der Waals surface area contributed by atoms with E-state index in [9.17, 15) is 4.79 Å². The fraction of sp³-hybridized carbons (Fsp3) is 0.333. The number of imidazole rings is 1. The van der Waals surface area contributed by atoms with Gasteiger partial charge < -0.3 is 15.8 Å². The van der Waals surface area contributed by atoms with Crippen molar-refractivity contribution in [2.45, 2.75) is 12.5 Å². The number of H-pyrrole nitrogens is 1. The predicted octanol–water partition coefficient (Wildman–Crippen LogP) is -0.636. The molecule has 11 heavy (non-hydrogen) atoms. The van der Waals surface area contributed by atoms with Crippen LogP contribution in [0, 0.1) is 0 Å². The van der Waals surface area contributed by atoms with Crippen molar-refractivity contribution in [3.63, 3.8) is 0 Å². The molecule has 0 aromatic carbocycles. The highest BCUT2D eigenvalue weighted by Crippen LogP contribution is 1.93. The number of carbonyl (C=O) groups is 1. The number of rotatable bonds is 3. The summed E-state index contributed by atoms with van der Waals surface area (Å²) < 4.78 is 0. The number of nitrogens with zero attached hydrogens (tertiary/aromatic N) is 1. The Balaban J connectivity index is 2.50. The van der Waals surface area contributed by atoms with Crippen LogP contribution in [-0.2, 0) is 11.2 Å². The summed E-state index contributed by atoms with van der Waals surface area (Å²) in [4.78, 5) is 16.9. The van der Waals surface area contributed by atoms with Crippen LogP contribution >= 0.6 is 0 Å². The maximum absolute atomic E-state index is 10.3. The van der Waals surface area contributed by atoms with E-state index in [2.05, 4.69) is 9.97 Å². The Labute approximate surface area is 63.3 Å². The molecule has 5 nitrogen and oxygen atoms in total. The summed E-state index contributed by atoms with van der Waals surface area (Å²) in [5, 5.41) is 8.41. The Morgan fingerprint density at radius 1 is 1.91 bits per heavy atom. The SMILES string of the molecule is N[C@H](Cc1ncc[nH]1)C(=O)O. The number of carboxylic acids is 1. The number of nitrogens with one attached hydrogen (secondary N) is 1. The van der Waals surface area contributed by atoms with E-state index in [0.29, 0.717) is 5.82 Å². The average molecular weight is 155 g/mol. The molecule has 0 unspecified atom stereocenters. The molecule has 0 aliphatic rings. The molecule has 0 fully saturated rings. The standard InChI is InChI=1S/C6H9N3O2/c7-4(6(10)11)3-5-8-1-2-9-5/h1-2,4H,3,7H2,(H,8,9)(H,10,11)/t4-/m1/s1. The van der Waals surface area contributed by atoms with Gasteiger partial charge in [-0.2, -0.15) is 0 Å². The fourth-order valence-corrected chi connectivity index (χ4v) is 0.705. The van der Waals surface area contributed by atoms with E-state index >= 15 is 0 Å². The second-order valence-corrected chi connectivity index (χ2v) is 2.18. The van der Waals surface area contributed by atoms with E-state index in [4.69, 9.17) is 10.8 Å². The van der Waals surface area contributed by atoms with Gasteiger partial charge in [-0.05, 0) is 0 Å². The maximum atomic E-state index is 10.3. The van der Waals surface area contributed by atoms with Crippen molar-refractivity contribution in [3.8, 4) is 0 Å². The first kappa shape index (κ1) is 7.74. The Hall–Kier alpha value is -1.36. The van der Waals surface area contributed by atoms with Crippen molar-refractivity contribution in [1.82, 2.24) is 9.97 Å². The molecule has 1 atom stereocenters. The molecule has 1 aromatic rings. The van der Waals surface area contributed by atoms with Crippen LogP contribution in [0.3, 0.4) is 0 Å². The first-order chi connectivity index (χ1) is 5.20. The molecular formula is C6H9N3O2. The van der Waals surface area contributed by atoms with Crippen LogP contribution in [0.25, 0.3) is 0 Å². The van der Waals surface area contributed by atoms with Crippen LogP contribution in [0.5, 0.6) is 0 Å². The molecule has 0 aliphatic carbocycles. The van der Waals surface area contributed by atoms with E-state index in [1.807, 2.05) is 0 Å². The third-order valence-electron chi connectivity index (χ3n) is 1.29. The molecule has 4 N–H and O–H groups in total. The van der Waals surface area contributed by atoms with Gasteiger partial charge in [-0.3, -0.25) is 4.79 Å². The predicted molar refractivity (Wildman–Crippen MR) is 37.9 cm³/mol. The molecule has 0 radical (unpaired) electrons. The van der Waals surface area contributed by atoms with Gasteiger partial charge in [0.25, 0.3) is 0 Å². The number of hydrogen-bond donors (Lipinski definition) is 3. The Bertz CT molecular complexity index is 232. The summed E-state index contributed by atoms with van der Waals surface area (Å²) in [6.45, 7) is 0. The van der Waals surface area contributed by atoms with Crippen molar-refractivity contribution in [1.29, 1.82) is 0 Å². The minimum absolute atomic E-state index is 0.238. The average Bonchev–Trinajstić information content (AvgIpc) is 2.39. The fourth-order valence-electron chi connectivity index (χ4n) is 0.705. The van der Waals surface area contributed by atoms with E-state index in [1.54, 1.807) is 12.4 Å². The van der Waals surface area contributed by atoms with E-state index < -0.39 is 12.0 Å². The molecule has 60 valence electrons. The van der Waals surface area contributed by atoms with Crippen LogP contribution in [0.1, 0.15) is 5.82 Å². The van der Waals surface area contributed by atoms with Crippen LogP contribution in [-0.4, -0.2) is 27.1 Å². The summed E-state index contributed by atoms with van der Waals surface area (Å²) in [5.74, 6) is -0.415. The van der Waals surface area contributed by atoms with Crippen LogP contribution in [0.15, 0.2) is 12.4 Å². The molecule has 0 spiro atoms. The zero-order valence-corrected chi connectivity index (χ0v) is 5.82. The van der Waals surface area contributed by atoms with Crippen LogP contribution < -0.4 is 5.73 Å². The van der Waals surface area contributed by atoms with Crippen molar-refractivity contribution in [2.24, 2.45) is 5.73 Å². The largest absolute Gasteiger partial charge is 0.480 e. The maximum Gasteiger partial charge on any atom is 0.320 e. The van der Waals surface area contributed by atoms with Gasteiger partial charge in [-0.1, -0.05) is 0 Å². The van der Waals surface area contributed by atoms with Crippen molar-refractivity contribution >= 4 is 5.97 Å². The van der Waals surface area contributed by atoms with Crippen molar-refractivity contribution in [2.75, 3.05) is 0 Å². The molecule has 0 saturated heterocycles. The number of aliphatic carboxylic acids is 1. The minimum Gasteiger partial charge on any atom is -0.480 e. The number of hydrogen-bond acceptors (Lipinski definition) is 3. The number of carboxylic acid groups (broad SMARTS) is 1. The molecule has 0 aliphatic heterocycles. The second-order valence-electron chi connectivity index (χ2n) is 2.18. The lowest BCUT2D eigenvalue weighted by molar-refractivity contribution is -0.138. The minimum atomic E-state index is -1.01. The lowest BCUT2D eigenvalue weighted by Crippen LogP contribution is -2.32. The number of aromatic nitrogens is 2. The summed E-state index contributed by atoms with van der Waals surface area (Å²) in [6.07, 6.45) is 3.43. The zero-order valence-electron chi connectivity index (χ0n) is 5.82. The van der Waals surface area contributed by atoms with Gasteiger partial charge in [0, 0.05) is 18.8 Å². The first-order valence-corrected chi connectivity index (χ1v) is 3.17. The Morgan fingerprint density at radius 2 is 2.64 bits per heavy atom. The Kier molecular flexibility index (Phi) is 2.22. The van der Waals surface area contributed by atoms with Gasteiger partial charge in [0.2, 0.25) is 0 Å². The van der Waals surface area contributed by atoms with Crippen molar-refractivity contribution in [3.05, 3.63) is 18.2 Å². The van der Waals surface area contributed by atoms with Gasteiger partial charge in [-0.15, -0.1) is 0 Å². The summed E-state index contributed by atoms with van der Waals surface area (Å²) in [5.41, 5.74) is 5.25. The van der Waals surface area contributed by atoms with Gasteiger partial charge in [0.05, 0.1) is 0 Å².